The number of hydrogen-bond donors (Lipinski definition) is 1. The SMILES string of the molecule is CN(C)CC(=O)Nc1ccc2n(c1=O)C[C@H]1C[C@@H]2CN(C(=O)COc2ccccc2)C1. The van der Waals surface area contributed by atoms with Crippen LogP contribution in [0.15, 0.2) is 47.3 Å². The zero-order chi connectivity index (χ0) is 22.0. The number of nitrogens with one attached hydrogen (secondary N) is 1. The van der Waals surface area contributed by atoms with Gasteiger partial charge in [0.05, 0.1) is 6.54 Å². The maximum Gasteiger partial charge on any atom is 0.274 e. The predicted molar refractivity (Wildman–Crippen MR) is 117 cm³/mol. The molecule has 2 aromatic rings. The van der Waals surface area contributed by atoms with Crippen molar-refractivity contribution in [1.82, 2.24) is 14.4 Å². The molecular weight excluding hydrogens is 396 g/mol. The van der Waals surface area contributed by atoms with Gasteiger partial charge in [-0.2, -0.15) is 0 Å². The van der Waals surface area contributed by atoms with Gasteiger partial charge in [-0.1, -0.05) is 18.2 Å². The minimum atomic E-state index is -0.214. The number of nitrogens with zero attached hydrogens (tertiary/aromatic N) is 3. The number of pyridine rings is 1. The van der Waals surface area contributed by atoms with E-state index in [1.807, 2.05) is 41.3 Å². The number of carbonyl (C=O) groups excluding carboxylic acids is 2. The Morgan fingerprint density at radius 2 is 1.87 bits per heavy atom. The number of benzene rings is 1. The average Bonchev–Trinajstić information content (AvgIpc) is 2.74. The molecule has 2 atom stereocenters. The number of hydrogen-bond acceptors (Lipinski definition) is 5. The summed E-state index contributed by atoms with van der Waals surface area (Å²) in [6.45, 7) is 1.95. The summed E-state index contributed by atoms with van der Waals surface area (Å²) in [6, 6.07) is 12.9. The van der Waals surface area contributed by atoms with Crippen molar-refractivity contribution < 1.29 is 14.3 Å². The van der Waals surface area contributed by atoms with Crippen LogP contribution in [0.25, 0.3) is 0 Å². The number of amides is 2. The van der Waals surface area contributed by atoms with Crippen LogP contribution in [-0.2, 0) is 16.1 Å². The molecule has 1 aromatic carbocycles. The van der Waals surface area contributed by atoms with Crippen molar-refractivity contribution in [3.8, 4) is 5.75 Å². The van der Waals surface area contributed by atoms with Crippen molar-refractivity contribution in [2.45, 2.75) is 18.9 Å². The van der Waals surface area contributed by atoms with Crippen LogP contribution in [0.5, 0.6) is 5.75 Å². The van der Waals surface area contributed by atoms with E-state index in [9.17, 15) is 14.4 Å². The highest BCUT2D eigenvalue weighted by Gasteiger charge is 2.36. The molecule has 3 heterocycles. The van der Waals surface area contributed by atoms with Crippen LogP contribution in [0.4, 0.5) is 5.69 Å². The number of piperidine rings is 1. The number of carbonyl (C=O) groups is 2. The van der Waals surface area contributed by atoms with Crippen molar-refractivity contribution in [1.29, 1.82) is 0 Å². The van der Waals surface area contributed by atoms with Gasteiger partial charge in [-0.15, -0.1) is 0 Å². The predicted octanol–water partition coefficient (Wildman–Crippen LogP) is 1.37. The highest BCUT2D eigenvalue weighted by Crippen LogP contribution is 2.35. The third-order valence-corrected chi connectivity index (χ3v) is 5.80. The summed E-state index contributed by atoms with van der Waals surface area (Å²) in [5.41, 5.74) is 1.06. The lowest BCUT2D eigenvalue weighted by Gasteiger charge is -2.42. The molecule has 1 fully saturated rings. The van der Waals surface area contributed by atoms with Crippen LogP contribution < -0.4 is 15.6 Å². The number of likely N-dealkylation sites (tertiary alicyclic amines) is 1. The van der Waals surface area contributed by atoms with E-state index in [1.165, 1.54) is 0 Å². The molecule has 0 aliphatic carbocycles. The molecule has 2 amide bonds. The van der Waals surface area contributed by atoms with Gasteiger partial charge in [0, 0.05) is 31.2 Å². The summed E-state index contributed by atoms with van der Waals surface area (Å²) < 4.78 is 7.39. The molecule has 1 N–H and O–H groups in total. The van der Waals surface area contributed by atoms with E-state index >= 15 is 0 Å². The van der Waals surface area contributed by atoms with Gasteiger partial charge in [-0.05, 0) is 50.7 Å². The molecule has 4 rings (SSSR count). The fourth-order valence-electron chi connectivity index (χ4n) is 4.47. The minimum Gasteiger partial charge on any atom is -0.484 e. The zero-order valence-corrected chi connectivity index (χ0v) is 17.9. The monoisotopic (exact) mass is 424 g/mol. The number of para-hydroxylation sites is 1. The first-order chi connectivity index (χ1) is 14.9. The van der Waals surface area contributed by atoms with Gasteiger partial charge in [0.25, 0.3) is 11.5 Å². The van der Waals surface area contributed by atoms with E-state index in [1.54, 1.807) is 29.6 Å². The summed E-state index contributed by atoms with van der Waals surface area (Å²) >= 11 is 0. The molecule has 2 aliphatic rings. The van der Waals surface area contributed by atoms with Crippen molar-refractivity contribution in [3.63, 3.8) is 0 Å². The number of aromatic nitrogens is 1. The molecule has 31 heavy (non-hydrogen) atoms. The normalized spacial score (nSPS) is 19.6. The second-order valence-corrected chi connectivity index (χ2v) is 8.57. The van der Waals surface area contributed by atoms with E-state index in [0.717, 1.165) is 12.1 Å². The molecule has 0 unspecified atom stereocenters. The minimum absolute atomic E-state index is 0.00705. The second-order valence-electron chi connectivity index (χ2n) is 8.57. The van der Waals surface area contributed by atoms with E-state index in [-0.39, 0.29) is 42.4 Å². The molecule has 0 spiro atoms. The number of rotatable bonds is 6. The van der Waals surface area contributed by atoms with Gasteiger partial charge >= 0.3 is 0 Å². The Hall–Kier alpha value is -3.13. The van der Waals surface area contributed by atoms with Crippen LogP contribution >= 0.6 is 0 Å². The highest BCUT2D eigenvalue weighted by molar-refractivity contribution is 5.92. The number of fused-ring (bicyclic) bond motifs is 4. The van der Waals surface area contributed by atoms with Gasteiger partial charge in [-0.3, -0.25) is 14.4 Å². The molecular formula is C23H28N4O4. The molecule has 0 radical (unpaired) electrons. The van der Waals surface area contributed by atoms with Gasteiger partial charge in [0.2, 0.25) is 5.91 Å². The van der Waals surface area contributed by atoms with E-state index < -0.39 is 0 Å². The fraction of sp³-hybridized carbons (Fsp3) is 0.435. The third kappa shape index (κ3) is 4.80. The summed E-state index contributed by atoms with van der Waals surface area (Å²) in [6.07, 6.45) is 0.953. The van der Waals surface area contributed by atoms with Gasteiger partial charge in [-0.25, -0.2) is 0 Å². The van der Waals surface area contributed by atoms with Gasteiger partial charge < -0.3 is 24.4 Å². The summed E-state index contributed by atoms with van der Waals surface area (Å²) in [5.74, 6) is 0.731. The van der Waals surface area contributed by atoms with E-state index in [2.05, 4.69) is 5.32 Å². The molecule has 1 aromatic heterocycles. The smallest absolute Gasteiger partial charge is 0.274 e. The van der Waals surface area contributed by atoms with Crippen LogP contribution in [0.3, 0.4) is 0 Å². The van der Waals surface area contributed by atoms with Crippen LogP contribution in [0.2, 0.25) is 0 Å². The Balaban J connectivity index is 1.44. The first-order valence-electron chi connectivity index (χ1n) is 10.5. The van der Waals surface area contributed by atoms with Gasteiger partial charge in [0.1, 0.15) is 11.4 Å². The zero-order valence-electron chi connectivity index (χ0n) is 17.9. The van der Waals surface area contributed by atoms with E-state index in [0.29, 0.717) is 31.1 Å². The molecule has 164 valence electrons. The van der Waals surface area contributed by atoms with Crippen LogP contribution in [-0.4, -0.2) is 66.5 Å². The molecule has 2 bridgehead atoms. The topological polar surface area (TPSA) is 83.9 Å². The summed E-state index contributed by atoms with van der Waals surface area (Å²) in [5, 5.41) is 2.72. The quantitative estimate of drug-likeness (QED) is 0.757. The third-order valence-electron chi connectivity index (χ3n) is 5.80. The van der Waals surface area contributed by atoms with Crippen LogP contribution in [0, 0.1) is 5.92 Å². The van der Waals surface area contributed by atoms with Crippen molar-refractivity contribution >= 4 is 17.5 Å². The number of likely N-dealkylation sites (N-methyl/N-ethyl adjacent to an activating group) is 1. The van der Waals surface area contributed by atoms with Crippen molar-refractivity contribution in [2.75, 3.05) is 45.7 Å². The van der Waals surface area contributed by atoms with Crippen LogP contribution in [0.1, 0.15) is 18.0 Å². The summed E-state index contributed by atoms with van der Waals surface area (Å²) in [7, 11) is 3.61. The first-order valence-corrected chi connectivity index (χ1v) is 10.5. The lowest BCUT2D eigenvalue weighted by atomic mass is 9.83. The lowest BCUT2D eigenvalue weighted by Crippen LogP contribution is -2.50. The number of anilines is 1. The second kappa shape index (κ2) is 8.93. The Morgan fingerprint density at radius 3 is 2.61 bits per heavy atom. The maximum atomic E-state index is 13.0. The lowest BCUT2D eigenvalue weighted by molar-refractivity contribution is -0.136. The number of ether oxygens (including phenoxy) is 1. The molecule has 2 aliphatic heterocycles. The highest BCUT2D eigenvalue weighted by atomic mass is 16.5. The van der Waals surface area contributed by atoms with E-state index in [4.69, 9.17) is 4.74 Å². The van der Waals surface area contributed by atoms with Crippen molar-refractivity contribution in [3.05, 3.63) is 58.5 Å². The Morgan fingerprint density at radius 1 is 1.10 bits per heavy atom. The molecule has 8 heteroatoms. The average molecular weight is 425 g/mol. The Kier molecular flexibility index (Phi) is 6.08. The summed E-state index contributed by atoms with van der Waals surface area (Å²) in [4.78, 5) is 41.4. The fourth-order valence-corrected chi connectivity index (χ4v) is 4.47. The largest absolute Gasteiger partial charge is 0.484 e. The first kappa shape index (κ1) is 21.1. The standard InChI is InChI=1S/C23H28N4O4/c1-25(2)14-21(28)24-19-8-9-20-17-10-16(12-27(20)23(19)30)11-26(13-17)22(29)15-31-18-6-4-3-5-7-18/h3-9,16-17H,10-15H2,1-2H3,(H,24,28)/t16-,17+/m0/s1. The molecule has 1 saturated heterocycles. The molecule has 8 nitrogen and oxygen atoms in total. The van der Waals surface area contributed by atoms with Gasteiger partial charge in [0.15, 0.2) is 6.61 Å². The molecule has 0 saturated carbocycles. The Labute approximate surface area is 181 Å². The Bertz CT molecular complexity index is 1020. The van der Waals surface area contributed by atoms with Crippen molar-refractivity contribution in [2.24, 2.45) is 5.92 Å². The maximum absolute atomic E-state index is 13.0.